The van der Waals surface area contributed by atoms with E-state index in [1.165, 1.54) is 36.8 Å². The number of nitrogens with zero attached hydrogens (tertiary/aromatic N) is 4. The monoisotopic (exact) mass is 431 g/mol. The van der Waals surface area contributed by atoms with Crippen LogP contribution in [0.15, 0.2) is 30.3 Å². The molecular formula is C20H19ClFN5O3. The van der Waals surface area contributed by atoms with Crippen LogP contribution < -0.4 is 10.5 Å². The lowest BCUT2D eigenvalue weighted by atomic mass is 10.1. The van der Waals surface area contributed by atoms with Crippen molar-refractivity contribution in [3.8, 4) is 17.0 Å². The maximum atomic E-state index is 13.6. The molecule has 1 aliphatic heterocycles. The van der Waals surface area contributed by atoms with Gasteiger partial charge in [0.15, 0.2) is 5.75 Å². The number of halogens is 2. The number of benzene rings is 2. The number of nitro groups is 1. The van der Waals surface area contributed by atoms with Crippen LogP contribution in [0, 0.1) is 15.9 Å². The van der Waals surface area contributed by atoms with Crippen molar-refractivity contribution in [2.75, 3.05) is 32.0 Å². The van der Waals surface area contributed by atoms with E-state index in [9.17, 15) is 14.5 Å². The quantitative estimate of drug-likeness (QED) is 0.341. The third-order valence-electron chi connectivity index (χ3n) is 5.01. The lowest BCUT2D eigenvalue weighted by Crippen LogP contribution is -2.38. The minimum absolute atomic E-state index is 0.0180. The van der Waals surface area contributed by atoms with Gasteiger partial charge < -0.3 is 15.4 Å². The van der Waals surface area contributed by atoms with Gasteiger partial charge in [-0.1, -0.05) is 11.6 Å². The summed E-state index contributed by atoms with van der Waals surface area (Å²) in [6.07, 6.45) is 1.97. The molecule has 156 valence electrons. The predicted molar refractivity (Wildman–Crippen MR) is 112 cm³/mol. The molecule has 0 bridgehead atoms. The van der Waals surface area contributed by atoms with Crippen LogP contribution in [0.2, 0.25) is 5.02 Å². The van der Waals surface area contributed by atoms with Crippen molar-refractivity contribution >= 4 is 34.1 Å². The molecule has 30 heavy (non-hydrogen) atoms. The molecule has 10 heteroatoms. The van der Waals surface area contributed by atoms with Crippen LogP contribution in [0.3, 0.4) is 0 Å². The van der Waals surface area contributed by atoms with Crippen molar-refractivity contribution in [1.82, 2.24) is 14.9 Å². The van der Waals surface area contributed by atoms with Gasteiger partial charge in [-0.05, 0) is 44.1 Å². The Morgan fingerprint density at radius 2 is 2.07 bits per heavy atom. The maximum absolute atomic E-state index is 13.6. The molecule has 8 nitrogen and oxygen atoms in total. The second-order valence-corrected chi connectivity index (χ2v) is 7.46. The molecule has 0 unspecified atom stereocenters. The number of nitrogen functional groups attached to an aromatic ring is 1. The zero-order valence-electron chi connectivity index (χ0n) is 16.0. The van der Waals surface area contributed by atoms with Gasteiger partial charge in [0.1, 0.15) is 5.82 Å². The van der Waals surface area contributed by atoms with Crippen molar-refractivity contribution in [1.29, 1.82) is 0 Å². The lowest BCUT2D eigenvalue weighted by Gasteiger charge is -2.30. The summed E-state index contributed by atoms with van der Waals surface area (Å²) in [5, 5.41) is 12.0. The summed E-state index contributed by atoms with van der Waals surface area (Å²) >= 11 is 5.89. The van der Waals surface area contributed by atoms with Crippen LogP contribution >= 0.6 is 11.6 Å². The largest absolute Gasteiger partial charge is 0.487 e. The first kappa shape index (κ1) is 20.2. The fourth-order valence-electron chi connectivity index (χ4n) is 3.36. The van der Waals surface area contributed by atoms with Crippen LogP contribution in [0.25, 0.3) is 22.2 Å². The highest BCUT2D eigenvalue weighted by Crippen LogP contribution is 2.36. The standard InChI is InChI=1S/C20H19ClFN5O3/c21-14-9-12(3-4-15(14)22)19-13-10-17(27(28)29)18(11-16(13)24-20(23)25-19)30-8-2-7-26-5-1-6-26/h3-4,9-11H,1-2,5-8H2,(H2,23,24,25). The highest BCUT2D eigenvalue weighted by Gasteiger charge is 2.21. The van der Waals surface area contributed by atoms with Crippen LogP contribution in [0.1, 0.15) is 12.8 Å². The fraction of sp³-hybridized carbons (Fsp3) is 0.300. The highest BCUT2D eigenvalue weighted by molar-refractivity contribution is 6.31. The van der Waals surface area contributed by atoms with Crippen LogP contribution in [0.4, 0.5) is 16.0 Å². The summed E-state index contributed by atoms with van der Waals surface area (Å²) < 4.78 is 19.3. The number of aromatic nitrogens is 2. The van der Waals surface area contributed by atoms with E-state index >= 15 is 0 Å². The first-order valence-electron chi connectivity index (χ1n) is 9.48. The van der Waals surface area contributed by atoms with Gasteiger partial charge >= 0.3 is 5.69 Å². The molecule has 2 heterocycles. The number of hydrogen-bond donors (Lipinski definition) is 1. The molecule has 4 rings (SSSR count). The molecule has 0 saturated carbocycles. The number of nitrogens with two attached hydrogens (primary N) is 1. The zero-order chi connectivity index (χ0) is 21.3. The summed E-state index contributed by atoms with van der Waals surface area (Å²) in [5.74, 6) is -0.473. The van der Waals surface area contributed by atoms with Crippen LogP contribution in [0.5, 0.6) is 5.75 Å². The van der Waals surface area contributed by atoms with Crippen molar-refractivity contribution in [2.45, 2.75) is 12.8 Å². The summed E-state index contributed by atoms with van der Waals surface area (Å²) in [7, 11) is 0. The Morgan fingerprint density at radius 1 is 1.27 bits per heavy atom. The minimum atomic E-state index is -0.577. The third-order valence-corrected chi connectivity index (χ3v) is 5.30. The molecule has 3 aromatic rings. The van der Waals surface area contributed by atoms with Gasteiger partial charge in [0.05, 0.1) is 27.8 Å². The topological polar surface area (TPSA) is 107 Å². The van der Waals surface area contributed by atoms with Crippen molar-refractivity contribution < 1.29 is 14.1 Å². The van der Waals surface area contributed by atoms with E-state index in [-0.39, 0.29) is 22.4 Å². The number of anilines is 1. The average molecular weight is 432 g/mol. The molecule has 1 aliphatic rings. The molecule has 0 radical (unpaired) electrons. The summed E-state index contributed by atoms with van der Waals surface area (Å²) in [6, 6.07) is 6.92. The van der Waals surface area contributed by atoms with E-state index in [0.29, 0.717) is 28.8 Å². The number of fused-ring (bicyclic) bond motifs is 1. The van der Waals surface area contributed by atoms with Crippen molar-refractivity contribution in [3.63, 3.8) is 0 Å². The van der Waals surface area contributed by atoms with Gasteiger partial charge in [0.2, 0.25) is 5.95 Å². The first-order valence-corrected chi connectivity index (χ1v) is 9.86. The molecule has 1 saturated heterocycles. The number of rotatable bonds is 7. The normalized spacial score (nSPS) is 13.9. The Kier molecular flexibility index (Phi) is 5.65. The second kappa shape index (κ2) is 8.37. The SMILES string of the molecule is Nc1nc(-c2ccc(F)c(Cl)c2)c2cc([N+](=O)[O-])c(OCCCN3CCC3)cc2n1. The maximum Gasteiger partial charge on any atom is 0.311 e. The van der Waals surface area contributed by atoms with Gasteiger partial charge in [0, 0.05) is 29.6 Å². The van der Waals surface area contributed by atoms with Crippen molar-refractivity contribution in [3.05, 3.63) is 51.3 Å². The Bertz CT molecular complexity index is 1120. The number of ether oxygens (including phenoxy) is 1. The molecule has 2 N–H and O–H groups in total. The van der Waals surface area contributed by atoms with E-state index in [4.69, 9.17) is 22.1 Å². The Morgan fingerprint density at radius 3 is 2.73 bits per heavy atom. The Balaban J connectivity index is 1.71. The van der Waals surface area contributed by atoms with Crippen LogP contribution in [-0.2, 0) is 0 Å². The van der Waals surface area contributed by atoms with Gasteiger partial charge in [-0.2, -0.15) is 0 Å². The summed E-state index contributed by atoms with van der Waals surface area (Å²) in [5.41, 5.74) is 6.83. The smallest absolute Gasteiger partial charge is 0.311 e. The van der Waals surface area contributed by atoms with E-state index in [1.54, 1.807) is 0 Å². The van der Waals surface area contributed by atoms with Gasteiger partial charge in [-0.3, -0.25) is 10.1 Å². The van der Waals surface area contributed by atoms with Gasteiger partial charge in [-0.25, -0.2) is 14.4 Å². The Labute approximate surface area is 176 Å². The van der Waals surface area contributed by atoms with Gasteiger partial charge in [-0.15, -0.1) is 0 Å². The minimum Gasteiger partial charge on any atom is -0.487 e. The second-order valence-electron chi connectivity index (χ2n) is 7.05. The summed E-state index contributed by atoms with van der Waals surface area (Å²) in [4.78, 5) is 21.8. The lowest BCUT2D eigenvalue weighted by molar-refractivity contribution is -0.385. The van der Waals surface area contributed by atoms with E-state index in [2.05, 4.69) is 14.9 Å². The highest BCUT2D eigenvalue weighted by atomic mass is 35.5. The van der Waals surface area contributed by atoms with Crippen LogP contribution in [-0.4, -0.2) is 46.0 Å². The molecule has 1 aromatic heterocycles. The molecule has 1 fully saturated rings. The number of hydrogen-bond acceptors (Lipinski definition) is 7. The van der Waals surface area contributed by atoms with E-state index < -0.39 is 10.7 Å². The number of likely N-dealkylation sites (tertiary alicyclic amines) is 1. The summed E-state index contributed by atoms with van der Waals surface area (Å²) in [6.45, 7) is 3.42. The van der Waals surface area contributed by atoms with E-state index in [0.717, 1.165) is 26.1 Å². The zero-order valence-corrected chi connectivity index (χ0v) is 16.7. The molecule has 0 amide bonds. The molecule has 0 spiro atoms. The molecule has 0 atom stereocenters. The predicted octanol–water partition coefficient (Wildman–Crippen LogP) is 4.05. The molecule has 0 aliphatic carbocycles. The van der Waals surface area contributed by atoms with Gasteiger partial charge in [0.25, 0.3) is 0 Å². The average Bonchev–Trinajstić information content (AvgIpc) is 2.67. The van der Waals surface area contributed by atoms with E-state index in [1.807, 2.05) is 0 Å². The van der Waals surface area contributed by atoms with Crippen molar-refractivity contribution in [2.24, 2.45) is 0 Å². The number of nitro benzene ring substituents is 1. The Hall–Kier alpha value is -3.04. The molecular weight excluding hydrogens is 413 g/mol. The first-order chi connectivity index (χ1) is 14.4. The third kappa shape index (κ3) is 4.12. The fourth-order valence-corrected chi connectivity index (χ4v) is 3.54. The molecule has 2 aromatic carbocycles.